The number of nitrogens with one attached hydrogen (secondary N) is 1. The van der Waals surface area contributed by atoms with Gasteiger partial charge in [0.25, 0.3) is 0 Å². The summed E-state index contributed by atoms with van der Waals surface area (Å²) in [5.41, 5.74) is 0.861. The number of aromatic nitrogens is 4. The van der Waals surface area contributed by atoms with E-state index in [1.54, 1.807) is 18.3 Å². The average Bonchev–Trinajstić information content (AvgIpc) is 3.48. The Morgan fingerprint density at radius 1 is 1.09 bits per heavy atom. The molecule has 2 bridgehead atoms. The number of pyridine rings is 1. The lowest BCUT2D eigenvalue weighted by molar-refractivity contribution is -0.137. The number of hydrogen-bond donors (Lipinski definition) is 1. The third-order valence-electron chi connectivity index (χ3n) is 6.96. The fourth-order valence-electron chi connectivity index (χ4n) is 5.39. The van der Waals surface area contributed by atoms with Gasteiger partial charge < -0.3 is 10.2 Å². The number of halogens is 4. The monoisotopic (exact) mass is 502 g/mol. The lowest BCUT2D eigenvalue weighted by Gasteiger charge is -2.38. The molecule has 1 unspecified atom stereocenters. The summed E-state index contributed by atoms with van der Waals surface area (Å²) in [4.78, 5) is 7.00. The molecule has 4 heterocycles. The van der Waals surface area contributed by atoms with Crippen molar-refractivity contribution in [2.24, 2.45) is 11.8 Å². The summed E-state index contributed by atoms with van der Waals surface area (Å²) < 4.78 is 59.7. The summed E-state index contributed by atoms with van der Waals surface area (Å²) in [6, 6.07) is 8.16. The zero-order chi connectivity index (χ0) is 24.3. The van der Waals surface area contributed by atoms with Gasteiger partial charge in [0.2, 0.25) is 5.95 Å². The van der Waals surface area contributed by atoms with Crippen LogP contribution in [0.25, 0.3) is 16.8 Å². The van der Waals surface area contributed by atoms with Gasteiger partial charge in [-0.2, -0.15) is 22.5 Å². The minimum Gasteiger partial charge on any atom is -0.361 e. The van der Waals surface area contributed by atoms with Crippen molar-refractivity contribution >= 4 is 28.1 Å². The van der Waals surface area contributed by atoms with Crippen LogP contribution in [0.2, 0.25) is 0 Å². The molecule has 6 nitrogen and oxygen atoms in total. The standard InChI is InChI=1S/C24H22F4N6S/c1-13-7-20(35-32-13)33-11-14-4-5-15(12-33)21(14)29-23-30-22-19(3-2-6-34(22)31-23)16-8-17(24(26,27)28)10-18(25)9-16/h2-3,6-10,14-15,21H,4-5,11-12H2,1H3,(H,29,31)/t14-,15+,21?. The second-order valence-electron chi connectivity index (χ2n) is 9.33. The van der Waals surface area contributed by atoms with Crippen LogP contribution in [0.5, 0.6) is 0 Å². The highest BCUT2D eigenvalue weighted by molar-refractivity contribution is 7.10. The fourth-order valence-corrected chi connectivity index (χ4v) is 6.17. The molecule has 3 aromatic heterocycles. The molecule has 1 aliphatic heterocycles. The molecule has 0 radical (unpaired) electrons. The molecule has 2 fully saturated rings. The van der Waals surface area contributed by atoms with Crippen LogP contribution in [0.1, 0.15) is 24.1 Å². The Balaban J connectivity index is 1.28. The minimum absolute atomic E-state index is 0.107. The Morgan fingerprint density at radius 2 is 1.86 bits per heavy atom. The highest BCUT2D eigenvalue weighted by Gasteiger charge is 2.43. The van der Waals surface area contributed by atoms with Crippen molar-refractivity contribution in [1.29, 1.82) is 0 Å². The second kappa shape index (κ2) is 8.18. The topological polar surface area (TPSA) is 58.4 Å². The lowest BCUT2D eigenvalue weighted by atomic mass is 9.92. The highest BCUT2D eigenvalue weighted by atomic mass is 32.1. The third-order valence-corrected chi connectivity index (χ3v) is 7.90. The largest absolute Gasteiger partial charge is 0.416 e. The zero-order valence-corrected chi connectivity index (χ0v) is 19.6. The molecule has 4 aromatic rings. The summed E-state index contributed by atoms with van der Waals surface area (Å²) in [5.74, 6) is 0.336. The van der Waals surface area contributed by atoms with Gasteiger partial charge >= 0.3 is 6.18 Å². The predicted molar refractivity (Wildman–Crippen MR) is 126 cm³/mol. The van der Waals surface area contributed by atoms with Gasteiger partial charge in [-0.05, 0) is 85.1 Å². The van der Waals surface area contributed by atoms with Crippen molar-refractivity contribution in [3.8, 4) is 11.1 Å². The van der Waals surface area contributed by atoms with Crippen molar-refractivity contribution in [1.82, 2.24) is 19.0 Å². The normalized spacial score (nSPS) is 22.2. The quantitative estimate of drug-likeness (QED) is 0.366. The molecule has 1 aliphatic carbocycles. The summed E-state index contributed by atoms with van der Waals surface area (Å²) in [5, 5.41) is 9.22. The molecular weight excluding hydrogens is 480 g/mol. The molecular formula is C24H22F4N6S. The van der Waals surface area contributed by atoms with Crippen LogP contribution >= 0.6 is 11.5 Å². The van der Waals surface area contributed by atoms with Crippen molar-refractivity contribution in [3.63, 3.8) is 0 Å². The van der Waals surface area contributed by atoms with E-state index in [4.69, 9.17) is 0 Å². The van der Waals surface area contributed by atoms with E-state index < -0.39 is 17.6 Å². The SMILES string of the molecule is Cc1cc(N2C[C@H]3CC[C@@H](C2)C3Nc2nc3c(-c4cc(F)cc(C(F)(F)F)c4)cccn3n2)sn1. The minimum atomic E-state index is -4.64. The summed E-state index contributed by atoms with van der Waals surface area (Å²) in [7, 11) is 0. The number of alkyl halides is 3. The van der Waals surface area contributed by atoms with Gasteiger partial charge in [-0.15, -0.1) is 5.10 Å². The lowest BCUT2D eigenvalue weighted by Crippen LogP contribution is -2.48. The molecule has 2 aliphatic rings. The Hall–Kier alpha value is -3.21. The number of anilines is 2. The molecule has 1 aromatic carbocycles. The number of rotatable bonds is 4. The van der Waals surface area contributed by atoms with E-state index in [0.29, 0.717) is 35.1 Å². The first kappa shape index (κ1) is 22.3. The van der Waals surface area contributed by atoms with Gasteiger partial charge in [-0.3, -0.25) is 0 Å². The summed E-state index contributed by atoms with van der Waals surface area (Å²) in [6.45, 7) is 3.86. The van der Waals surface area contributed by atoms with Gasteiger partial charge in [-0.25, -0.2) is 8.91 Å². The number of benzene rings is 1. The number of aryl methyl sites for hydroxylation is 1. The maximum absolute atomic E-state index is 14.0. The predicted octanol–water partition coefficient (Wildman–Crippen LogP) is 5.65. The molecule has 182 valence electrons. The average molecular weight is 503 g/mol. The van der Waals surface area contributed by atoms with E-state index in [2.05, 4.69) is 30.7 Å². The molecule has 3 atom stereocenters. The second-order valence-corrected chi connectivity index (χ2v) is 10.1. The molecule has 1 saturated heterocycles. The van der Waals surface area contributed by atoms with Crippen LogP contribution in [-0.4, -0.2) is 38.1 Å². The smallest absolute Gasteiger partial charge is 0.361 e. The van der Waals surface area contributed by atoms with E-state index in [1.807, 2.05) is 6.92 Å². The number of fused-ring (bicyclic) bond motifs is 3. The van der Waals surface area contributed by atoms with Gasteiger partial charge in [0.15, 0.2) is 5.65 Å². The van der Waals surface area contributed by atoms with Crippen LogP contribution in [0.3, 0.4) is 0 Å². The first-order chi connectivity index (χ1) is 16.7. The molecule has 35 heavy (non-hydrogen) atoms. The molecule has 0 spiro atoms. The number of hydrogen-bond acceptors (Lipinski definition) is 6. The van der Waals surface area contributed by atoms with Gasteiger partial charge in [0, 0.05) is 30.9 Å². The first-order valence-corrected chi connectivity index (χ1v) is 12.2. The van der Waals surface area contributed by atoms with E-state index in [-0.39, 0.29) is 11.6 Å². The molecule has 1 saturated carbocycles. The van der Waals surface area contributed by atoms with E-state index in [0.717, 1.165) is 43.8 Å². The van der Waals surface area contributed by atoms with Crippen LogP contribution in [-0.2, 0) is 6.18 Å². The number of piperidine rings is 1. The maximum atomic E-state index is 14.0. The van der Waals surface area contributed by atoms with Crippen molar-refractivity contribution in [2.75, 3.05) is 23.3 Å². The summed E-state index contributed by atoms with van der Waals surface area (Å²) in [6.07, 6.45) is -0.740. The van der Waals surface area contributed by atoms with Crippen LogP contribution < -0.4 is 10.2 Å². The van der Waals surface area contributed by atoms with Crippen LogP contribution in [0, 0.1) is 24.6 Å². The number of nitrogens with zero attached hydrogens (tertiary/aromatic N) is 5. The maximum Gasteiger partial charge on any atom is 0.416 e. The van der Waals surface area contributed by atoms with Gasteiger partial charge in [-0.1, -0.05) is 0 Å². The Labute approximate surface area is 202 Å². The van der Waals surface area contributed by atoms with E-state index in [9.17, 15) is 17.6 Å². The molecule has 11 heteroatoms. The highest BCUT2D eigenvalue weighted by Crippen LogP contribution is 2.41. The van der Waals surface area contributed by atoms with Gasteiger partial charge in [0.1, 0.15) is 10.8 Å². The van der Waals surface area contributed by atoms with E-state index in [1.165, 1.54) is 21.0 Å². The summed E-state index contributed by atoms with van der Waals surface area (Å²) >= 11 is 1.53. The fraction of sp³-hybridized carbons (Fsp3) is 0.375. The zero-order valence-electron chi connectivity index (χ0n) is 18.8. The van der Waals surface area contributed by atoms with Crippen LogP contribution in [0.15, 0.2) is 42.6 Å². The first-order valence-electron chi connectivity index (χ1n) is 11.4. The van der Waals surface area contributed by atoms with Crippen molar-refractivity contribution < 1.29 is 17.6 Å². The van der Waals surface area contributed by atoms with Gasteiger partial charge in [0.05, 0.1) is 11.3 Å². The van der Waals surface area contributed by atoms with Crippen molar-refractivity contribution in [2.45, 2.75) is 32.0 Å². The molecule has 1 N–H and O–H groups in total. The Morgan fingerprint density at radius 3 is 2.54 bits per heavy atom. The third kappa shape index (κ3) is 4.11. The molecule has 0 amide bonds. The Kier molecular flexibility index (Phi) is 5.21. The van der Waals surface area contributed by atoms with E-state index >= 15 is 0 Å². The Bertz CT molecular complexity index is 1380. The van der Waals surface area contributed by atoms with Crippen LogP contribution in [0.4, 0.5) is 28.5 Å². The van der Waals surface area contributed by atoms with Crippen molar-refractivity contribution in [3.05, 3.63) is 59.7 Å². The molecule has 6 rings (SSSR count).